The number of anilines is 1. The van der Waals surface area contributed by atoms with E-state index in [1.807, 2.05) is 24.3 Å². The summed E-state index contributed by atoms with van der Waals surface area (Å²) in [5.41, 5.74) is 7.02. The molecule has 0 unspecified atom stereocenters. The number of ether oxygens (including phenoxy) is 2. The van der Waals surface area contributed by atoms with Gasteiger partial charge in [-0.3, -0.25) is 0 Å². The highest BCUT2D eigenvalue weighted by atomic mass is 16.5. The van der Waals surface area contributed by atoms with Crippen molar-refractivity contribution in [2.45, 2.75) is 6.54 Å². The molecule has 0 saturated heterocycles. The first-order chi connectivity index (χ1) is 9.19. The van der Waals surface area contributed by atoms with Crippen molar-refractivity contribution in [3.8, 4) is 17.6 Å². The van der Waals surface area contributed by atoms with Crippen LogP contribution in [0.25, 0.3) is 0 Å². The summed E-state index contributed by atoms with van der Waals surface area (Å²) < 4.78 is 12.1. The summed E-state index contributed by atoms with van der Waals surface area (Å²) in [6, 6.07) is 7.54. The van der Waals surface area contributed by atoms with Crippen LogP contribution in [0, 0.1) is 11.3 Å². The van der Waals surface area contributed by atoms with Gasteiger partial charge in [-0.05, 0) is 17.7 Å². The second-order valence-electron chi connectivity index (χ2n) is 3.91. The van der Waals surface area contributed by atoms with Crippen LogP contribution in [-0.2, 0) is 6.54 Å². The average molecular weight is 258 g/mol. The Morgan fingerprint density at radius 1 is 1.32 bits per heavy atom. The van der Waals surface area contributed by atoms with E-state index in [2.05, 4.69) is 4.98 Å². The Morgan fingerprint density at radius 3 is 2.63 bits per heavy atom. The lowest BCUT2D eigenvalue weighted by molar-refractivity contribution is 0.354. The summed E-state index contributed by atoms with van der Waals surface area (Å²) in [5, 5.41) is 8.81. The Bertz CT molecular complexity index is 628. The van der Waals surface area contributed by atoms with E-state index in [4.69, 9.17) is 20.5 Å². The van der Waals surface area contributed by atoms with Crippen LogP contribution in [0.5, 0.6) is 11.5 Å². The molecular formula is C13H14N4O2. The van der Waals surface area contributed by atoms with Gasteiger partial charge >= 0.3 is 0 Å². The number of nitriles is 1. The maximum Gasteiger partial charge on any atom is 0.182 e. The largest absolute Gasteiger partial charge is 0.493 e. The molecular weight excluding hydrogens is 244 g/mol. The Kier molecular flexibility index (Phi) is 3.57. The van der Waals surface area contributed by atoms with Gasteiger partial charge in [-0.2, -0.15) is 5.26 Å². The maximum absolute atomic E-state index is 8.81. The predicted molar refractivity (Wildman–Crippen MR) is 70.0 cm³/mol. The highest BCUT2D eigenvalue weighted by Crippen LogP contribution is 2.28. The van der Waals surface area contributed by atoms with E-state index in [0.29, 0.717) is 23.9 Å². The van der Waals surface area contributed by atoms with Gasteiger partial charge in [-0.25, -0.2) is 4.98 Å². The molecule has 0 saturated carbocycles. The van der Waals surface area contributed by atoms with E-state index in [1.165, 1.54) is 0 Å². The normalized spacial score (nSPS) is 9.95. The molecule has 1 heterocycles. The number of methoxy groups -OCH3 is 2. The zero-order chi connectivity index (χ0) is 13.8. The van der Waals surface area contributed by atoms with Crippen molar-refractivity contribution < 1.29 is 9.47 Å². The molecule has 98 valence electrons. The Balaban J connectivity index is 2.28. The zero-order valence-electron chi connectivity index (χ0n) is 10.8. The number of rotatable bonds is 4. The van der Waals surface area contributed by atoms with Crippen LogP contribution in [0.2, 0.25) is 0 Å². The van der Waals surface area contributed by atoms with Gasteiger partial charge in [0, 0.05) is 0 Å². The van der Waals surface area contributed by atoms with Crippen LogP contribution >= 0.6 is 0 Å². The van der Waals surface area contributed by atoms with E-state index in [0.717, 1.165) is 5.56 Å². The molecule has 0 fully saturated rings. The smallest absolute Gasteiger partial charge is 0.182 e. The van der Waals surface area contributed by atoms with Gasteiger partial charge in [0.2, 0.25) is 0 Å². The first kappa shape index (κ1) is 12.8. The second kappa shape index (κ2) is 5.31. The number of imidazole rings is 1. The summed E-state index contributed by atoms with van der Waals surface area (Å²) in [6.45, 7) is 0.515. The van der Waals surface area contributed by atoms with Crippen molar-refractivity contribution in [1.82, 2.24) is 9.55 Å². The fraction of sp³-hybridized carbons (Fsp3) is 0.231. The Labute approximate surface area is 111 Å². The molecule has 0 aliphatic heterocycles. The van der Waals surface area contributed by atoms with E-state index in [1.54, 1.807) is 25.1 Å². The fourth-order valence-electron chi connectivity index (χ4n) is 1.78. The molecule has 0 bridgehead atoms. The lowest BCUT2D eigenvalue weighted by atomic mass is 10.2. The number of nitrogens with zero attached hydrogens (tertiary/aromatic N) is 3. The van der Waals surface area contributed by atoms with E-state index < -0.39 is 0 Å². The quantitative estimate of drug-likeness (QED) is 0.895. The van der Waals surface area contributed by atoms with Gasteiger partial charge in [0.05, 0.1) is 27.1 Å². The monoisotopic (exact) mass is 258 g/mol. The lowest BCUT2D eigenvalue weighted by Gasteiger charge is -2.10. The van der Waals surface area contributed by atoms with Crippen LogP contribution in [0.15, 0.2) is 24.5 Å². The van der Waals surface area contributed by atoms with E-state index in [9.17, 15) is 0 Å². The van der Waals surface area contributed by atoms with Crippen LogP contribution < -0.4 is 15.2 Å². The van der Waals surface area contributed by atoms with Gasteiger partial charge in [0.1, 0.15) is 11.9 Å². The number of aromatic nitrogens is 2. The molecule has 2 rings (SSSR count). The number of hydrogen-bond acceptors (Lipinski definition) is 5. The predicted octanol–water partition coefficient (Wildman–Crippen LogP) is 1.40. The minimum atomic E-state index is 0.237. The molecule has 1 aromatic carbocycles. The molecule has 0 aliphatic carbocycles. The van der Waals surface area contributed by atoms with E-state index in [-0.39, 0.29) is 5.69 Å². The van der Waals surface area contributed by atoms with Gasteiger partial charge < -0.3 is 19.8 Å². The van der Waals surface area contributed by atoms with Crippen molar-refractivity contribution in [3.05, 3.63) is 35.8 Å². The molecule has 1 aromatic heterocycles. The molecule has 0 aliphatic rings. The molecule has 0 spiro atoms. The number of hydrogen-bond donors (Lipinski definition) is 1. The first-order valence-electron chi connectivity index (χ1n) is 5.61. The third kappa shape index (κ3) is 2.45. The second-order valence-corrected chi connectivity index (χ2v) is 3.91. The van der Waals surface area contributed by atoms with E-state index >= 15 is 0 Å². The summed E-state index contributed by atoms with van der Waals surface area (Å²) in [6.07, 6.45) is 1.55. The minimum absolute atomic E-state index is 0.237. The third-order valence-electron chi connectivity index (χ3n) is 2.79. The standard InChI is InChI=1S/C13H14N4O2/c1-18-11-4-3-9(5-12(11)19-2)7-17-8-16-10(6-14)13(17)15/h3-5,8H,7,15H2,1-2H3. The summed E-state index contributed by atoms with van der Waals surface area (Å²) >= 11 is 0. The SMILES string of the molecule is COc1ccc(Cn2cnc(C#N)c2N)cc1OC. The molecule has 2 N–H and O–H groups in total. The molecule has 6 nitrogen and oxygen atoms in total. The number of nitrogen functional groups attached to an aromatic ring is 1. The van der Waals surface area contributed by atoms with Crippen LogP contribution in [0.4, 0.5) is 5.82 Å². The number of benzene rings is 1. The van der Waals surface area contributed by atoms with Crippen molar-refractivity contribution in [2.75, 3.05) is 20.0 Å². The van der Waals surface area contributed by atoms with Crippen molar-refractivity contribution >= 4 is 5.82 Å². The molecule has 2 aromatic rings. The number of nitrogens with two attached hydrogens (primary N) is 1. The summed E-state index contributed by atoms with van der Waals surface area (Å²) in [5.74, 6) is 1.68. The Morgan fingerprint density at radius 2 is 2.05 bits per heavy atom. The highest BCUT2D eigenvalue weighted by molar-refractivity contribution is 5.46. The van der Waals surface area contributed by atoms with Crippen LogP contribution in [0.3, 0.4) is 0 Å². The first-order valence-corrected chi connectivity index (χ1v) is 5.61. The van der Waals surface area contributed by atoms with Crippen molar-refractivity contribution in [2.24, 2.45) is 0 Å². The zero-order valence-corrected chi connectivity index (χ0v) is 10.8. The topological polar surface area (TPSA) is 86.1 Å². The average Bonchev–Trinajstić information content (AvgIpc) is 2.79. The molecule has 19 heavy (non-hydrogen) atoms. The third-order valence-corrected chi connectivity index (χ3v) is 2.79. The molecule has 0 radical (unpaired) electrons. The van der Waals surface area contributed by atoms with Gasteiger partial charge in [-0.1, -0.05) is 6.07 Å². The maximum atomic E-state index is 8.81. The fourth-order valence-corrected chi connectivity index (χ4v) is 1.78. The van der Waals surface area contributed by atoms with Gasteiger partial charge in [0.25, 0.3) is 0 Å². The molecule has 0 atom stereocenters. The van der Waals surface area contributed by atoms with Crippen LogP contribution in [-0.4, -0.2) is 23.8 Å². The van der Waals surface area contributed by atoms with Crippen molar-refractivity contribution in [3.63, 3.8) is 0 Å². The lowest BCUT2D eigenvalue weighted by Crippen LogP contribution is -2.04. The Hall–Kier alpha value is -2.68. The van der Waals surface area contributed by atoms with Crippen molar-refractivity contribution in [1.29, 1.82) is 5.26 Å². The minimum Gasteiger partial charge on any atom is -0.493 e. The highest BCUT2D eigenvalue weighted by Gasteiger charge is 2.09. The molecule has 0 amide bonds. The summed E-state index contributed by atoms with van der Waals surface area (Å²) in [4.78, 5) is 3.93. The molecule has 6 heteroatoms. The van der Waals surface area contributed by atoms with Gasteiger partial charge in [0.15, 0.2) is 17.2 Å². The van der Waals surface area contributed by atoms with Gasteiger partial charge in [-0.15, -0.1) is 0 Å². The summed E-state index contributed by atoms with van der Waals surface area (Å²) in [7, 11) is 3.17. The van der Waals surface area contributed by atoms with Crippen LogP contribution in [0.1, 0.15) is 11.3 Å².